The van der Waals surface area contributed by atoms with E-state index in [1.165, 1.54) is 12.1 Å². The summed E-state index contributed by atoms with van der Waals surface area (Å²) < 4.78 is 0. The summed E-state index contributed by atoms with van der Waals surface area (Å²) in [6, 6.07) is 2.84. The molecule has 0 spiro atoms. The summed E-state index contributed by atoms with van der Waals surface area (Å²) in [5.41, 5.74) is 1.55. The largest absolute Gasteiger partial charge is 0.275 e. The first kappa shape index (κ1) is 13.0. The van der Waals surface area contributed by atoms with Crippen molar-refractivity contribution in [1.29, 1.82) is 0 Å². The number of nitro groups is 1. The van der Waals surface area contributed by atoms with Crippen molar-refractivity contribution < 1.29 is 4.92 Å². The maximum atomic E-state index is 10.8. The second kappa shape index (κ2) is 5.32. The van der Waals surface area contributed by atoms with Crippen LogP contribution in [0.5, 0.6) is 0 Å². The standard InChI is InChI=1S/C11H11Cl2NO2/c1-7(2)3-4-9-10(13)5-8(12)6-11(9)14(15)16/h3,5-6H,4H2,1-2H3. The predicted molar refractivity (Wildman–Crippen MR) is 66.3 cm³/mol. The van der Waals surface area contributed by atoms with E-state index in [1.807, 2.05) is 19.9 Å². The number of allylic oxidation sites excluding steroid dienone is 2. The average molecular weight is 260 g/mol. The highest BCUT2D eigenvalue weighted by molar-refractivity contribution is 6.35. The van der Waals surface area contributed by atoms with E-state index in [-0.39, 0.29) is 10.7 Å². The normalized spacial score (nSPS) is 10.0. The molecule has 0 atom stereocenters. The van der Waals surface area contributed by atoms with Crippen LogP contribution in [0.25, 0.3) is 0 Å². The van der Waals surface area contributed by atoms with E-state index in [2.05, 4.69) is 0 Å². The maximum absolute atomic E-state index is 10.8. The molecule has 0 fully saturated rings. The number of rotatable bonds is 3. The zero-order valence-electron chi connectivity index (χ0n) is 8.96. The minimum atomic E-state index is -0.466. The zero-order valence-corrected chi connectivity index (χ0v) is 10.5. The molecule has 0 aromatic heterocycles. The summed E-state index contributed by atoms with van der Waals surface area (Å²) in [7, 11) is 0. The molecule has 0 amide bonds. The van der Waals surface area contributed by atoms with Gasteiger partial charge in [0, 0.05) is 11.1 Å². The molecule has 0 saturated carbocycles. The number of hydrogen-bond acceptors (Lipinski definition) is 2. The van der Waals surface area contributed by atoms with E-state index in [0.29, 0.717) is 17.0 Å². The Morgan fingerprint density at radius 2 is 2.06 bits per heavy atom. The molecule has 86 valence electrons. The van der Waals surface area contributed by atoms with Crippen molar-refractivity contribution in [3.63, 3.8) is 0 Å². The molecule has 3 nitrogen and oxygen atoms in total. The van der Waals surface area contributed by atoms with Crippen molar-refractivity contribution >= 4 is 28.9 Å². The topological polar surface area (TPSA) is 43.1 Å². The Morgan fingerprint density at radius 1 is 1.44 bits per heavy atom. The molecule has 0 aliphatic carbocycles. The van der Waals surface area contributed by atoms with Gasteiger partial charge in [0.25, 0.3) is 5.69 Å². The third-order valence-corrected chi connectivity index (χ3v) is 2.60. The van der Waals surface area contributed by atoms with E-state index in [4.69, 9.17) is 23.2 Å². The maximum Gasteiger partial charge on any atom is 0.275 e. The van der Waals surface area contributed by atoms with E-state index >= 15 is 0 Å². The Morgan fingerprint density at radius 3 is 2.56 bits per heavy atom. The van der Waals surface area contributed by atoms with Crippen LogP contribution in [0.4, 0.5) is 5.69 Å². The summed E-state index contributed by atoms with van der Waals surface area (Å²) in [4.78, 5) is 10.4. The minimum absolute atomic E-state index is 0.0324. The number of halogens is 2. The Bertz CT molecular complexity index is 452. The molecule has 1 aromatic rings. The summed E-state index contributed by atoms with van der Waals surface area (Å²) in [6.45, 7) is 3.85. The summed E-state index contributed by atoms with van der Waals surface area (Å²) in [5, 5.41) is 11.4. The molecule has 0 unspecified atom stereocenters. The lowest BCUT2D eigenvalue weighted by atomic mass is 10.1. The second-order valence-electron chi connectivity index (χ2n) is 3.63. The molecule has 0 saturated heterocycles. The van der Waals surface area contributed by atoms with Crippen LogP contribution in [0.2, 0.25) is 10.0 Å². The van der Waals surface area contributed by atoms with Gasteiger partial charge < -0.3 is 0 Å². The molecule has 0 N–H and O–H groups in total. The molecule has 0 heterocycles. The highest BCUT2D eigenvalue weighted by atomic mass is 35.5. The zero-order chi connectivity index (χ0) is 12.3. The monoisotopic (exact) mass is 259 g/mol. The quantitative estimate of drug-likeness (QED) is 0.459. The Labute approximate surface area is 104 Å². The Balaban J connectivity index is 3.24. The van der Waals surface area contributed by atoms with E-state index in [0.717, 1.165) is 5.57 Å². The molecule has 0 radical (unpaired) electrons. The van der Waals surface area contributed by atoms with Gasteiger partial charge in [0.05, 0.1) is 15.5 Å². The lowest BCUT2D eigenvalue weighted by Gasteiger charge is -2.04. The van der Waals surface area contributed by atoms with Gasteiger partial charge >= 0.3 is 0 Å². The highest BCUT2D eigenvalue weighted by Crippen LogP contribution is 2.31. The van der Waals surface area contributed by atoms with Crippen molar-refractivity contribution in [1.82, 2.24) is 0 Å². The minimum Gasteiger partial charge on any atom is -0.258 e. The van der Waals surface area contributed by atoms with Crippen LogP contribution in [0.3, 0.4) is 0 Å². The first-order chi connectivity index (χ1) is 7.41. The van der Waals surface area contributed by atoms with Crippen LogP contribution in [0.1, 0.15) is 19.4 Å². The van der Waals surface area contributed by atoms with Gasteiger partial charge in [0.1, 0.15) is 0 Å². The third kappa shape index (κ3) is 3.22. The lowest BCUT2D eigenvalue weighted by molar-refractivity contribution is -0.385. The predicted octanol–water partition coefficient (Wildman–Crippen LogP) is 4.41. The SMILES string of the molecule is CC(C)=CCc1c(Cl)cc(Cl)cc1[N+](=O)[O-]. The second-order valence-corrected chi connectivity index (χ2v) is 4.47. The smallest absolute Gasteiger partial charge is 0.258 e. The van der Waals surface area contributed by atoms with Gasteiger partial charge in [-0.15, -0.1) is 0 Å². The van der Waals surface area contributed by atoms with E-state index < -0.39 is 4.92 Å². The van der Waals surface area contributed by atoms with Crippen LogP contribution >= 0.6 is 23.2 Å². The van der Waals surface area contributed by atoms with Gasteiger partial charge in [0.15, 0.2) is 0 Å². The molecule has 5 heteroatoms. The van der Waals surface area contributed by atoms with Crippen LogP contribution < -0.4 is 0 Å². The van der Waals surface area contributed by atoms with Crippen LogP contribution in [-0.4, -0.2) is 4.92 Å². The average Bonchev–Trinajstić information content (AvgIpc) is 2.14. The van der Waals surface area contributed by atoms with Crippen molar-refractivity contribution in [2.24, 2.45) is 0 Å². The molecule has 1 aromatic carbocycles. The summed E-state index contributed by atoms with van der Waals surface area (Å²) >= 11 is 11.7. The number of nitrogens with zero attached hydrogens (tertiary/aromatic N) is 1. The van der Waals surface area contributed by atoms with Crippen molar-refractivity contribution in [3.05, 3.63) is 49.5 Å². The van der Waals surface area contributed by atoms with Gasteiger partial charge in [-0.05, 0) is 26.3 Å². The highest BCUT2D eigenvalue weighted by Gasteiger charge is 2.17. The van der Waals surface area contributed by atoms with Crippen LogP contribution in [-0.2, 0) is 6.42 Å². The van der Waals surface area contributed by atoms with Crippen molar-refractivity contribution in [3.8, 4) is 0 Å². The molecule has 0 bridgehead atoms. The first-order valence-corrected chi connectivity index (χ1v) is 5.43. The molecule has 0 aliphatic heterocycles. The third-order valence-electron chi connectivity index (χ3n) is 2.05. The summed E-state index contributed by atoms with van der Waals surface area (Å²) in [6.07, 6.45) is 2.33. The Hall–Kier alpha value is -1.06. The molecule has 0 aliphatic rings. The van der Waals surface area contributed by atoms with Gasteiger partial charge in [-0.2, -0.15) is 0 Å². The Kier molecular flexibility index (Phi) is 4.33. The fraction of sp³-hybridized carbons (Fsp3) is 0.273. The molecular weight excluding hydrogens is 249 g/mol. The van der Waals surface area contributed by atoms with Gasteiger partial charge in [-0.3, -0.25) is 10.1 Å². The fourth-order valence-corrected chi connectivity index (χ4v) is 1.82. The number of hydrogen-bond donors (Lipinski definition) is 0. The van der Waals surface area contributed by atoms with Gasteiger partial charge in [-0.25, -0.2) is 0 Å². The first-order valence-electron chi connectivity index (χ1n) is 4.67. The lowest BCUT2D eigenvalue weighted by Crippen LogP contribution is -1.96. The molecule has 1 rings (SSSR count). The van der Waals surface area contributed by atoms with Gasteiger partial charge in [0.2, 0.25) is 0 Å². The number of benzene rings is 1. The molecule has 16 heavy (non-hydrogen) atoms. The van der Waals surface area contributed by atoms with Crippen LogP contribution in [0.15, 0.2) is 23.8 Å². The van der Waals surface area contributed by atoms with Gasteiger partial charge in [-0.1, -0.05) is 34.9 Å². The summed E-state index contributed by atoms with van der Waals surface area (Å²) in [5.74, 6) is 0. The van der Waals surface area contributed by atoms with E-state index in [1.54, 1.807) is 0 Å². The van der Waals surface area contributed by atoms with Crippen molar-refractivity contribution in [2.45, 2.75) is 20.3 Å². The van der Waals surface area contributed by atoms with Crippen LogP contribution in [0, 0.1) is 10.1 Å². The fourth-order valence-electron chi connectivity index (χ4n) is 1.26. The number of nitro benzene ring substituents is 1. The van der Waals surface area contributed by atoms with Crippen molar-refractivity contribution in [2.75, 3.05) is 0 Å². The molecular formula is C11H11Cl2NO2. The van der Waals surface area contributed by atoms with E-state index in [9.17, 15) is 10.1 Å².